The van der Waals surface area contributed by atoms with Crippen molar-refractivity contribution in [1.82, 2.24) is 0 Å². The van der Waals surface area contributed by atoms with Crippen molar-refractivity contribution in [1.29, 1.82) is 0 Å². The van der Waals surface area contributed by atoms with Crippen LogP contribution < -0.4 is 9.21 Å². The molecule has 1 fully saturated rings. The van der Waals surface area contributed by atoms with E-state index in [0.717, 1.165) is 38.1 Å². The van der Waals surface area contributed by atoms with Crippen LogP contribution in [0.4, 0.5) is 10.7 Å². The van der Waals surface area contributed by atoms with E-state index in [4.69, 9.17) is 4.74 Å². The molecule has 2 aromatic carbocycles. The van der Waals surface area contributed by atoms with Crippen molar-refractivity contribution in [3.8, 4) is 0 Å². The Morgan fingerprint density at radius 3 is 2.53 bits per heavy atom. The fourth-order valence-corrected chi connectivity index (χ4v) is 7.77. The number of ether oxygens (including phenoxy) is 1. The van der Waals surface area contributed by atoms with E-state index in [9.17, 15) is 8.42 Å². The monoisotopic (exact) mass is 508 g/mol. The van der Waals surface area contributed by atoms with E-state index in [1.165, 1.54) is 11.3 Å². The van der Waals surface area contributed by atoms with Crippen LogP contribution in [0.15, 0.2) is 57.9 Å². The quantitative estimate of drug-likeness (QED) is 0.422. The number of para-hydroxylation sites is 1. The van der Waals surface area contributed by atoms with Crippen LogP contribution >= 0.6 is 27.3 Å². The van der Waals surface area contributed by atoms with E-state index in [0.29, 0.717) is 37.7 Å². The summed E-state index contributed by atoms with van der Waals surface area (Å²) in [7, 11) is -3.75. The van der Waals surface area contributed by atoms with E-state index >= 15 is 0 Å². The van der Waals surface area contributed by atoms with E-state index in [1.807, 2.05) is 36.4 Å². The SMILES string of the molecule is CCCCN(c1sc2ccccc2c1Br)S(=O)(=O)c1ccccc1N1CCOCC1. The fourth-order valence-electron chi connectivity index (χ4n) is 3.65. The highest BCUT2D eigenvalue weighted by atomic mass is 79.9. The highest BCUT2D eigenvalue weighted by Crippen LogP contribution is 2.44. The maximum atomic E-state index is 14.0. The highest BCUT2D eigenvalue weighted by Gasteiger charge is 2.31. The normalized spacial score (nSPS) is 14.9. The Kier molecular flexibility index (Phi) is 6.67. The van der Waals surface area contributed by atoms with E-state index in [1.54, 1.807) is 16.4 Å². The zero-order chi connectivity index (χ0) is 21.1. The number of benzene rings is 2. The van der Waals surface area contributed by atoms with Gasteiger partial charge in [-0.2, -0.15) is 0 Å². The molecule has 0 radical (unpaired) electrons. The van der Waals surface area contributed by atoms with Gasteiger partial charge in [0.2, 0.25) is 0 Å². The minimum absolute atomic E-state index is 0.354. The lowest BCUT2D eigenvalue weighted by molar-refractivity contribution is 0.122. The van der Waals surface area contributed by atoms with Crippen molar-refractivity contribution in [2.75, 3.05) is 42.1 Å². The van der Waals surface area contributed by atoms with Gasteiger partial charge in [0.15, 0.2) is 0 Å². The number of unbranched alkanes of at least 4 members (excludes halogenated alkanes) is 1. The second-order valence-corrected chi connectivity index (χ2v) is 10.9. The molecule has 0 atom stereocenters. The highest BCUT2D eigenvalue weighted by molar-refractivity contribution is 9.10. The zero-order valence-corrected chi connectivity index (χ0v) is 20.1. The first kappa shape index (κ1) is 21.6. The molecule has 1 saturated heterocycles. The second-order valence-electron chi connectivity index (χ2n) is 7.22. The molecule has 0 unspecified atom stereocenters. The van der Waals surface area contributed by atoms with Crippen LogP contribution in [0.25, 0.3) is 10.1 Å². The molecular weight excluding hydrogens is 484 g/mol. The van der Waals surface area contributed by atoms with Crippen LogP contribution in [-0.2, 0) is 14.8 Å². The summed E-state index contributed by atoms with van der Waals surface area (Å²) in [6.07, 6.45) is 1.71. The molecule has 3 aromatic rings. The molecule has 5 nitrogen and oxygen atoms in total. The van der Waals surface area contributed by atoms with E-state index < -0.39 is 10.0 Å². The molecule has 8 heteroatoms. The fraction of sp³-hybridized carbons (Fsp3) is 0.364. The summed E-state index contributed by atoms with van der Waals surface area (Å²) in [5.74, 6) is 0. The largest absolute Gasteiger partial charge is 0.378 e. The number of anilines is 2. The van der Waals surface area contributed by atoms with Crippen LogP contribution in [0.5, 0.6) is 0 Å². The van der Waals surface area contributed by atoms with Gasteiger partial charge in [0, 0.05) is 29.7 Å². The number of hydrogen-bond acceptors (Lipinski definition) is 5. The maximum Gasteiger partial charge on any atom is 0.267 e. The van der Waals surface area contributed by atoms with Crippen LogP contribution in [-0.4, -0.2) is 41.3 Å². The number of fused-ring (bicyclic) bond motifs is 1. The van der Waals surface area contributed by atoms with Crippen molar-refractivity contribution < 1.29 is 13.2 Å². The van der Waals surface area contributed by atoms with Crippen molar-refractivity contribution in [2.24, 2.45) is 0 Å². The predicted molar refractivity (Wildman–Crippen MR) is 128 cm³/mol. The van der Waals surface area contributed by atoms with Gasteiger partial charge >= 0.3 is 0 Å². The second kappa shape index (κ2) is 9.26. The Bertz CT molecular complexity index is 1120. The summed E-state index contributed by atoms with van der Waals surface area (Å²) in [5.41, 5.74) is 0.750. The molecule has 0 spiro atoms. The van der Waals surface area contributed by atoms with Crippen molar-refractivity contribution in [3.63, 3.8) is 0 Å². The number of hydrogen-bond donors (Lipinski definition) is 0. The average Bonchev–Trinajstić information content (AvgIpc) is 3.11. The molecule has 30 heavy (non-hydrogen) atoms. The number of sulfonamides is 1. The van der Waals surface area contributed by atoms with Gasteiger partial charge in [0.25, 0.3) is 10.0 Å². The van der Waals surface area contributed by atoms with Gasteiger partial charge in [-0.25, -0.2) is 8.42 Å². The Labute approximate surface area is 190 Å². The van der Waals surface area contributed by atoms with Crippen LogP contribution in [0.1, 0.15) is 19.8 Å². The summed E-state index contributed by atoms with van der Waals surface area (Å²) >= 11 is 5.19. The first-order valence-electron chi connectivity index (χ1n) is 10.2. The van der Waals surface area contributed by atoms with Gasteiger partial charge in [-0.1, -0.05) is 43.7 Å². The topological polar surface area (TPSA) is 49.9 Å². The zero-order valence-electron chi connectivity index (χ0n) is 16.9. The number of nitrogens with zero attached hydrogens (tertiary/aromatic N) is 2. The van der Waals surface area contributed by atoms with Gasteiger partial charge < -0.3 is 9.64 Å². The summed E-state index contributed by atoms with van der Waals surface area (Å²) in [5, 5.41) is 1.78. The molecule has 160 valence electrons. The molecule has 0 amide bonds. The third kappa shape index (κ3) is 4.10. The lowest BCUT2D eigenvalue weighted by Crippen LogP contribution is -2.38. The molecule has 1 aromatic heterocycles. The third-order valence-corrected chi connectivity index (χ3v) is 9.47. The molecule has 0 aliphatic carbocycles. The number of rotatable bonds is 7. The Morgan fingerprint density at radius 2 is 1.80 bits per heavy atom. The van der Waals surface area contributed by atoms with Gasteiger partial charge in [0.1, 0.15) is 9.90 Å². The minimum atomic E-state index is -3.75. The van der Waals surface area contributed by atoms with Gasteiger partial charge in [-0.3, -0.25) is 4.31 Å². The Balaban J connectivity index is 1.82. The Hall–Kier alpha value is -1.61. The summed E-state index contributed by atoms with van der Waals surface area (Å²) in [6.45, 7) is 5.11. The van der Waals surface area contributed by atoms with E-state index in [2.05, 4.69) is 27.8 Å². The molecule has 0 bridgehead atoms. The molecule has 4 rings (SSSR count). The molecule has 1 aliphatic rings. The van der Waals surface area contributed by atoms with Crippen LogP contribution in [0, 0.1) is 0 Å². The number of halogens is 1. The van der Waals surface area contributed by atoms with Crippen molar-refractivity contribution in [2.45, 2.75) is 24.7 Å². The van der Waals surface area contributed by atoms with Crippen molar-refractivity contribution in [3.05, 3.63) is 53.0 Å². The van der Waals surface area contributed by atoms with E-state index in [-0.39, 0.29) is 0 Å². The molecule has 1 aliphatic heterocycles. The molecule has 2 heterocycles. The number of morpholine rings is 1. The lowest BCUT2D eigenvalue weighted by Gasteiger charge is -2.32. The predicted octanol–water partition coefficient (Wildman–Crippen LogP) is 5.50. The smallest absolute Gasteiger partial charge is 0.267 e. The Morgan fingerprint density at radius 1 is 1.10 bits per heavy atom. The summed E-state index contributed by atoms with van der Waals surface area (Å²) in [4.78, 5) is 2.46. The molecule has 0 N–H and O–H groups in total. The lowest BCUT2D eigenvalue weighted by atomic mass is 10.2. The third-order valence-electron chi connectivity index (χ3n) is 5.24. The average molecular weight is 509 g/mol. The van der Waals surface area contributed by atoms with Crippen molar-refractivity contribution >= 4 is 58.1 Å². The van der Waals surface area contributed by atoms with Crippen LogP contribution in [0.3, 0.4) is 0 Å². The van der Waals surface area contributed by atoms with Gasteiger partial charge in [-0.05, 0) is 40.5 Å². The van der Waals surface area contributed by atoms with Crippen LogP contribution in [0.2, 0.25) is 0 Å². The maximum absolute atomic E-state index is 14.0. The summed E-state index contributed by atoms with van der Waals surface area (Å²) < 4.78 is 36.9. The molecular formula is C22H25BrN2O3S2. The standard InChI is InChI=1S/C22H25BrN2O3S2/c1-2-3-12-25(22-21(23)17-8-4-6-10-19(17)29-22)30(26,27)20-11-7-5-9-18(20)24-13-15-28-16-14-24/h4-11H,2-3,12-16H2,1H3. The first-order valence-corrected chi connectivity index (χ1v) is 13.2. The first-order chi connectivity index (χ1) is 14.5. The van der Waals surface area contributed by atoms with Gasteiger partial charge in [-0.15, -0.1) is 11.3 Å². The van der Waals surface area contributed by atoms with Gasteiger partial charge in [0.05, 0.1) is 23.4 Å². The molecule has 0 saturated carbocycles. The minimum Gasteiger partial charge on any atom is -0.378 e. The number of thiophene rings is 1. The summed E-state index contributed by atoms with van der Waals surface area (Å²) in [6, 6.07) is 15.3.